The number of nitrogens with two attached hydrogens (primary N) is 1. The summed E-state index contributed by atoms with van der Waals surface area (Å²) in [6.45, 7) is 0. The van der Waals surface area contributed by atoms with Gasteiger partial charge in [-0.15, -0.1) is 0 Å². The SMILES string of the molecule is CSCCC(NC(=O)C(CCSC)NC(=O)C(CS)NC(=O)C(N)CC(=O)O)C(=O)O. The highest BCUT2D eigenvalue weighted by Crippen LogP contribution is 2.06. The quantitative estimate of drug-likeness (QED) is 0.127. The number of carboxylic acid groups (broad SMARTS) is 2. The Balaban J connectivity index is 5.18. The molecule has 31 heavy (non-hydrogen) atoms. The van der Waals surface area contributed by atoms with Gasteiger partial charge in [-0.25, -0.2) is 4.79 Å². The topological polar surface area (TPSA) is 188 Å². The molecule has 0 saturated heterocycles. The van der Waals surface area contributed by atoms with Crippen LogP contribution < -0.4 is 21.7 Å². The van der Waals surface area contributed by atoms with E-state index in [0.717, 1.165) is 0 Å². The van der Waals surface area contributed by atoms with E-state index >= 15 is 0 Å². The van der Waals surface area contributed by atoms with Crippen molar-refractivity contribution in [3.63, 3.8) is 0 Å². The molecule has 14 heteroatoms. The molecule has 3 amide bonds. The van der Waals surface area contributed by atoms with Gasteiger partial charge in [0.1, 0.15) is 18.1 Å². The van der Waals surface area contributed by atoms with Gasteiger partial charge in [0.25, 0.3) is 0 Å². The van der Waals surface area contributed by atoms with Crippen LogP contribution in [0.15, 0.2) is 0 Å². The van der Waals surface area contributed by atoms with Crippen molar-refractivity contribution in [2.24, 2.45) is 5.73 Å². The van der Waals surface area contributed by atoms with Gasteiger partial charge in [-0.05, 0) is 36.9 Å². The van der Waals surface area contributed by atoms with Gasteiger partial charge in [-0.1, -0.05) is 0 Å². The van der Waals surface area contributed by atoms with E-state index in [4.69, 9.17) is 10.8 Å². The fourth-order valence-corrected chi connectivity index (χ4v) is 3.50. The number of aliphatic carboxylic acids is 2. The summed E-state index contributed by atoms with van der Waals surface area (Å²) >= 11 is 6.90. The predicted molar refractivity (Wildman–Crippen MR) is 124 cm³/mol. The number of carboxylic acids is 2. The van der Waals surface area contributed by atoms with Crippen molar-refractivity contribution in [1.29, 1.82) is 0 Å². The Kier molecular flexibility index (Phi) is 15.2. The Morgan fingerprint density at radius 3 is 1.74 bits per heavy atom. The van der Waals surface area contributed by atoms with Gasteiger partial charge < -0.3 is 31.9 Å². The summed E-state index contributed by atoms with van der Waals surface area (Å²) in [6.07, 6.45) is 3.48. The maximum atomic E-state index is 12.6. The van der Waals surface area contributed by atoms with E-state index in [1.54, 1.807) is 0 Å². The van der Waals surface area contributed by atoms with E-state index in [1.165, 1.54) is 23.5 Å². The fraction of sp³-hybridized carbons (Fsp3) is 0.706. The molecule has 0 rings (SSSR count). The summed E-state index contributed by atoms with van der Waals surface area (Å²) in [5.74, 6) is -3.73. The van der Waals surface area contributed by atoms with Gasteiger partial charge in [0, 0.05) is 5.75 Å². The summed E-state index contributed by atoms with van der Waals surface area (Å²) in [5.41, 5.74) is 5.49. The van der Waals surface area contributed by atoms with Crippen molar-refractivity contribution in [2.75, 3.05) is 29.8 Å². The summed E-state index contributed by atoms with van der Waals surface area (Å²) in [7, 11) is 0. The first-order valence-electron chi connectivity index (χ1n) is 9.27. The molecule has 11 nitrogen and oxygen atoms in total. The number of thiol groups is 1. The molecule has 0 spiro atoms. The molecular weight excluding hydrogens is 468 g/mol. The average molecular weight is 499 g/mol. The first-order valence-corrected chi connectivity index (χ1v) is 12.7. The van der Waals surface area contributed by atoms with Crippen molar-refractivity contribution in [1.82, 2.24) is 16.0 Å². The zero-order chi connectivity index (χ0) is 24.0. The van der Waals surface area contributed by atoms with E-state index in [-0.39, 0.29) is 18.6 Å². The largest absolute Gasteiger partial charge is 0.481 e. The van der Waals surface area contributed by atoms with Gasteiger partial charge in [0.2, 0.25) is 17.7 Å². The number of thioether (sulfide) groups is 2. The molecule has 0 saturated carbocycles. The monoisotopic (exact) mass is 498 g/mol. The Morgan fingerprint density at radius 2 is 1.29 bits per heavy atom. The van der Waals surface area contributed by atoms with Crippen LogP contribution in [0.1, 0.15) is 19.3 Å². The summed E-state index contributed by atoms with van der Waals surface area (Å²) in [5, 5.41) is 25.3. The molecule has 7 N–H and O–H groups in total. The zero-order valence-corrected chi connectivity index (χ0v) is 19.9. The Bertz CT molecular complexity index is 639. The van der Waals surface area contributed by atoms with Crippen molar-refractivity contribution < 1.29 is 34.2 Å². The second-order valence-corrected chi connectivity index (χ2v) is 8.81. The van der Waals surface area contributed by atoms with Crippen LogP contribution in [-0.2, 0) is 24.0 Å². The highest BCUT2D eigenvalue weighted by Gasteiger charge is 2.29. The molecule has 0 aliphatic rings. The van der Waals surface area contributed by atoms with E-state index in [1.807, 2.05) is 12.5 Å². The Hall–Kier alpha value is -1.64. The molecule has 4 unspecified atom stereocenters. The van der Waals surface area contributed by atoms with E-state index in [0.29, 0.717) is 11.5 Å². The van der Waals surface area contributed by atoms with Gasteiger partial charge >= 0.3 is 11.9 Å². The third kappa shape index (κ3) is 12.1. The molecule has 0 heterocycles. The molecule has 4 atom stereocenters. The summed E-state index contributed by atoms with van der Waals surface area (Å²) in [6, 6.07) is -4.63. The van der Waals surface area contributed by atoms with E-state index in [2.05, 4.69) is 28.6 Å². The number of nitrogens with one attached hydrogen (secondary N) is 3. The molecule has 0 aromatic rings. The van der Waals surface area contributed by atoms with Crippen LogP contribution in [0.4, 0.5) is 0 Å². The third-order valence-corrected chi connectivity index (χ3v) is 5.67. The maximum Gasteiger partial charge on any atom is 0.326 e. The minimum absolute atomic E-state index is 0.125. The van der Waals surface area contributed by atoms with Crippen molar-refractivity contribution >= 4 is 65.8 Å². The first kappa shape index (κ1) is 29.4. The molecule has 0 bridgehead atoms. The van der Waals surface area contributed by atoms with Crippen LogP contribution in [0.3, 0.4) is 0 Å². The maximum absolute atomic E-state index is 12.6. The second-order valence-electron chi connectivity index (χ2n) is 6.47. The lowest BCUT2D eigenvalue weighted by Crippen LogP contribution is -2.57. The smallest absolute Gasteiger partial charge is 0.326 e. The summed E-state index contributed by atoms with van der Waals surface area (Å²) in [4.78, 5) is 59.3. The third-order valence-electron chi connectivity index (χ3n) is 4.02. The van der Waals surface area contributed by atoms with Crippen molar-refractivity contribution in [3.8, 4) is 0 Å². The first-order chi connectivity index (χ1) is 14.6. The molecule has 0 radical (unpaired) electrons. The number of carbonyl (C=O) groups excluding carboxylic acids is 3. The highest BCUT2D eigenvalue weighted by molar-refractivity contribution is 7.98. The molecule has 0 aliphatic carbocycles. The number of rotatable bonds is 16. The number of hydrogen-bond donors (Lipinski definition) is 7. The number of hydrogen-bond acceptors (Lipinski definition) is 9. The molecule has 0 aromatic heterocycles. The lowest BCUT2D eigenvalue weighted by Gasteiger charge is -2.24. The van der Waals surface area contributed by atoms with Crippen LogP contribution in [0.2, 0.25) is 0 Å². The standard InChI is InChI=1S/C17H30N4O7S3/c1-30-5-3-10(15(25)20-11(17(27)28)4-6-31-2)19-16(26)12(8-29)21-14(24)9(18)7-13(22)23/h9-12,29H,3-8,18H2,1-2H3,(H,19,26)(H,20,25)(H,21,24)(H,22,23)(H,27,28). The minimum Gasteiger partial charge on any atom is -0.481 e. The Labute approximate surface area is 194 Å². The van der Waals surface area contributed by atoms with Crippen LogP contribution in [0.25, 0.3) is 0 Å². The summed E-state index contributed by atoms with van der Waals surface area (Å²) < 4.78 is 0. The van der Waals surface area contributed by atoms with Crippen molar-refractivity contribution in [3.05, 3.63) is 0 Å². The highest BCUT2D eigenvalue weighted by atomic mass is 32.2. The molecule has 0 aliphatic heterocycles. The predicted octanol–water partition coefficient (Wildman–Crippen LogP) is -1.24. The lowest BCUT2D eigenvalue weighted by atomic mass is 10.1. The number of carbonyl (C=O) groups is 5. The van der Waals surface area contributed by atoms with Crippen LogP contribution >= 0.6 is 36.2 Å². The van der Waals surface area contributed by atoms with Gasteiger partial charge in [0.05, 0.1) is 12.5 Å². The van der Waals surface area contributed by atoms with Gasteiger partial charge in [-0.3, -0.25) is 19.2 Å². The zero-order valence-electron chi connectivity index (χ0n) is 17.3. The van der Waals surface area contributed by atoms with Crippen LogP contribution in [0.5, 0.6) is 0 Å². The molecule has 0 fully saturated rings. The lowest BCUT2D eigenvalue weighted by molar-refractivity contribution is -0.142. The molecule has 178 valence electrons. The van der Waals surface area contributed by atoms with Crippen molar-refractivity contribution in [2.45, 2.75) is 43.4 Å². The fourth-order valence-electron chi connectivity index (χ4n) is 2.30. The molecular formula is C17H30N4O7S3. The average Bonchev–Trinajstić information content (AvgIpc) is 2.70. The molecule has 0 aromatic carbocycles. The number of amides is 3. The van der Waals surface area contributed by atoms with E-state index in [9.17, 15) is 29.1 Å². The van der Waals surface area contributed by atoms with Crippen LogP contribution in [-0.4, -0.2) is 93.8 Å². The minimum atomic E-state index is -1.35. The second kappa shape index (κ2) is 16.1. The normalized spacial score (nSPS) is 14.6. The Morgan fingerprint density at radius 1 is 0.839 bits per heavy atom. The van der Waals surface area contributed by atoms with Crippen LogP contribution in [0, 0.1) is 0 Å². The van der Waals surface area contributed by atoms with Gasteiger partial charge in [-0.2, -0.15) is 36.2 Å². The van der Waals surface area contributed by atoms with Gasteiger partial charge in [0.15, 0.2) is 0 Å². The van der Waals surface area contributed by atoms with E-state index < -0.39 is 60.2 Å².